The third kappa shape index (κ3) is 16.7. The van der Waals surface area contributed by atoms with E-state index in [1.807, 2.05) is 64.1 Å². The van der Waals surface area contributed by atoms with E-state index in [2.05, 4.69) is 45.3 Å². The van der Waals surface area contributed by atoms with Crippen molar-refractivity contribution in [3.63, 3.8) is 0 Å². The number of hydrogen-bond acceptors (Lipinski definition) is 6. The fourth-order valence-electron chi connectivity index (χ4n) is 3.05. The number of halogens is 2. The summed E-state index contributed by atoms with van der Waals surface area (Å²) in [6, 6.07) is 11.3. The van der Waals surface area contributed by atoms with Crippen LogP contribution in [0.15, 0.2) is 36.4 Å². The van der Waals surface area contributed by atoms with Crippen LogP contribution in [-0.4, -0.2) is 47.9 Å². The monoisotopic (exact) mass is 789 g/mol. The molecule has 35 heavy (non-hydrogen) atoms. The van der Waals surface area contributed by atoms with Gasteiger partial charge in [-0.05, 0) is 68.1 Å². The van der Waals surface area contributed by atoms with Crippen molar-refractivity contribution in [3.05, 3.63) is 69.8 Å². The number of hydrogen-bond donors (Lipinski definition) is 2. The molecule has 0 saturated heterocycles. The molecule has 2 aromatic carbocycles. The van der Waals surface area contributed by atoms with E-state index in [1.165, 1.54) is 29.2 Å². The molecule has 0 amide bonds. The standard InChI is InChI=1S/C12H19NO2S.C11H17NO2S.CH4.2HI.V/c1-9-5-6-11(7-10(9)2)12(13-3)8-16(4,14)15;1-8-4-5-10(6-9(8)2)11(12)7-15(3,13)14;;;;/h5-7,12-13H,8H2,1-4H3;4-6,11H,7,12H2,1-3H3;1H4;2*1H;/q;;;;;+2/p-2/t;11-;;;;/m.0..../s1. The maximum atomic E-state index is 11.3. The molecule has 0 heterocycles. The summed E-state index contributed by atoms with van der Waals surface area (Å²) in [7, 11) is -3.58. The van der Waals surface area contributed by atoms with Gasteiger partial charge in [0.2, 0.25) is 0 Å². The number of benzene rings is 2. The zero-order valence-corrected chi connectivity index (χ0v) is 28.1. The van der Waals surface area contributed by atoms with Crippen LogP contribution in [0.25, 0.3) is 0 Å². The molecule has 2 rings (SSSR count). The van der Waals surface area contributed by atoms with Crippen LogP contribution in [0, 0.1) is 27.7 Å². The first kappa shape index (κ1) is 37.5. The van der Waals surface area contributed by atoms with Gasteiger partial charge < -0.3 is 11.1 Å². The van der Waals surface area contributed by atoms with Crippen LogP contribution in [0.4, 0.5) is 0 Å². The Morgan fingerprint density at radius 1 is 0.800 bits per heavy atom. The Balaban J connectivity index is 0. The van der Waals surface area contributed by atoms with E-state index in [1.54, 1.807) is 7.05 Å². The molecule has 1 unspecified atom stereocenters. The van der Waals surface area contributed by atoms with Crippen LogP contribution < -0.4 is 11.1 Å². The van der Waals surface area contributed by atoms with Gasteiger partial charge in [0, 0.05) is 24.6 Å². The van der Waals surface area contributed by atoms with Gasteiger partial charge in [-0.2, -0.15) is 0 Å². The number of nitrogens with two attached hydrogens (primary N) is 1. The average Bonchev–Trinajstić information content (AvgIpc) is 2.69. The second-order valence-corrected chi connectivity index (χ2v) is 24.5. The Kier molecular flexibility index (Phi) is 19.0. The van der Waals surface area contributed by atoms with Crippen LogP contribution in [0.1, 0.15) is 52.9 Å². The molecule has 0 bridgehead atoms. The summed E-state index contributed by atoms with van der Waals surface area (Å²) in [5.41, 5.74) is 12.5. The number of sulfone groups is 2. The predicted octanol–water partition coefficient (Wildman–Crippen LogP) is 5.36. The Hall–Kier alpha value is 0.304. The van der Waals surface area contributed by atoms with E-state index < -0.39 is 25.7 Å². The van der Waals surface area contributed by atoms with Crippen molar-refractivity contribution in [2.24, 2.45) is 5.73 Å². The second-order valence-electron chi connectivity index (χ2n) is 8.38. The first-order valence-electron chi connectivity index (χ1n) is 10.4. The van der Waals surface area contributed by atoms with E-state index in [9.17, 15) is 16.8 Å². The first-order valence-corrected chi connectivity index (χ1v) is 23.5. The molecule has 0 spiro atoms. The SMILES string of the molecule is C.CNC(CS(C)(=O)=O)c1ccc(C)c(C)c1.Cc1ccc([C@@H](N)CS(C)(=O)=O)cc1C.[I][V][I]. The molecule has 0 saturated carbocycles. The first-order chi connectivity index (χ1) is 15.5. The number of nitrogens with one attached hydrogen (secondary N) is 1. The minimum atomic E-state index is -3.02. The Bertz CT molecular complexity index is 1130. The van der Waals surface area contributed by atoms with Gasteiger partial charge in [-0.3, -0.25) is 0 Å². The van der Waals surface area contributed by atoms with E-state index in [0.29, 0.717) is 9.47 Å². The molecular weight excluding hydrogens is 749 g/mol. The van der Waals surface area contributed by atoms with E-state index in [4.69, 9.17) is 5.73 Å². The molecular formula is C24H40I2N2O4S2V. The van der Waals surface area contributed by atoms with E-state index >= 15 is 0 Å². The van der Waals surface area contributed by atoms with Crippen molar-refractivity contribution in [2.75, 3.05) is 31.1 Å². The third-order valence-corrected chi connectivity index (χ3v) is 7.10. The van der Waals surface area contributed by atoms with Gasteiger partial charge in [-0.1, -0.05) is 43.8 Å². The van der Waals surface area contributed by atoms with Gasteiger partial charge in [0.15, 0.2) is 0 Å². The third-order valence-electron chi connectivity index (χ3n) is 5.19. The van der Waals surface area contributed by atoms with Crippen LogP contribution in [-0.2, 0) is 29.1 Å². The van der Waals surface area contributed by atoms with Crippen molar-refractivity contribution in [2.45, 2.75) is 47.2 Å². The zero-order chi connectivity index (χ0) is 26.7. The average molecular weight is 789 g/mol. The Morgan fingerprint density at radius 2 is 1.17 bits per heavy atom. The van der Waals surface area contributed by atoms with Crippen LogP contribution in [0.2, 0.25) is 0 Å². The van der Waals surface area contributed by atoms with E-state index in [0.717, 1.165) is 16.7 Å². The van der Waals surface area contributed by atoms with Crippen molar-refractivity contribution < 1.29 is 26.3 Å². The van der Waals surface area contributed by atoms with Gasteiger partial charge in [0.25, 0.3) is 0 Å². The summed E-state index contributed by atoms with van der Waals surface area (Å²) in [6.07, 6.45) is 2.46. The molecule has 201 valence electrons. The summed E-state index contributed by atoms with van der Waals surface area (Å²) >= 11 is 4.74. The van der Waals surface area contributed by atoms with Crippen molar-refractivity contribution in [1.29, 1.82) is 0 Å². The Labute approximate surface area is 242 Å². The van der Waals surface area contributed by atoms with Gasteiger partial charge in [0.05, 0.1) is 11.5 Å². The van der Waals surface area contributed by atoms with Crippen molar-refractivity contribution in [3.8, 4) is 0 Å². The van der Waals surface area contributed by atoms with Crippen LogP contribution >= 0.6 is 40.0 Å². The topological polar surface area (TPSA) is 106 Å². The van der Waals surface area contributed by atoms with Gasteiger partial charge in [0.1, 0.15) is 19.7 Å². The summed E-state index contributed by atoms with van der Waals surface area (Å²) < 4.78 is 44.7. The van der Waals surface area contributed by atoms with Gasteiger partial charge >= 0.3 is 49.4 Å². The molecule has 2 atom stereocenters. The van der Waals surface area contributed by atoms with Crippen LogP contribution in [0.5, 0.6) is 0 Å². The predicted molar refractivity (Wildman–Crippen MR) is 165 cm³/mol. The van der Waals surface area contributed by atoms with Crippen molar-refractivity contribution >= 4 is 59.6 Å². The van der Waals surface area contributed by atoms with Crippen molar-refractivity contribution in [1.82, 2.24) is 5.32 Å². The van der Waals surface area contributed by atoms with Gasteiger partial charge in [-0.15, -0.1) is 0 Å². The summed E-state index contributed by atoms with van der Waals surface area (Å²) in [5.74, 6) is 0.126. The summed E-state index contributed by atoms with van der Waals surface area (Å²) in [4.78, 5) is 0. The van der Waals surface area contributed by atoms with Gasteiger partial charge in [-0.25, -0.2) is 16.8 Å². The molecule has 11 heteroatoms. The number of rotatable bonds is 7. The fraction of sp³-hybridized carbons (Fsp3) is 0.500. The maximum absolute atomic E-state index is 11.3. The molecule has 0 aliphatic carbocycles. The van der Waals surface area contributed by atoms with Crippen LogP contribution in [0.3, 0.4) is 0 Å². The molecule has 0 radical (unpaired) electrons. The summed E-state index contributed by atoms with van der Waals surface area (Å²) in [5, 5.41) is 3.04. The summed E-state index contributed by atoms with van der Waals surface area (Å²) in [6.45, 7) is 8.09. The molecule has 0 fully saturated rings. The second kappa shape index (κ2) is 17.7. The number of aryl methyl sites for hydroxylation is 4. The van der Waals surface area contributed by atoms with E-state index in [-0.39, 0.29) is 25.0 Å². The molecule has 0 aromatic heterocycles. The fourth-order valence-corrected chi connectivity index (χ4v) is 4.86. The Morgan fingerprint density at radius 3 is 1.51 bits per heavy atom. The normalized spacial score (nSPS) is 12.6. The molecule has 2 aromatic rings. The minimum absolute atomic E-state index is 0. The molecule has 3 N–H and O–H groups in total. The molecule has 0 aliphatic heterocycles. The zero-order valence-electron chi connectivity index (χ0n) is 20.8. The molecule has 0 aliphatic rings. The quantitative estimate of drug-likeness (QED) is 0.367. The molecule has 6 nitrogen and oxygen atoms in total.